The molecule has 1 N–H and O–H groups in total. The maximum atomic E-state index is 13.3. The van der Waals surface area contributed by atoms with Gasteiger partial charge in [0.2, 0.25) is 0 Å². The van der Waals surface area contributed by atoms with Crippen LogP contribution in [0.15, 0.2) is 42.6 Å². The number of hydrogen-bond acceptors (Lipinski definition) is 4. The minimum Gasteiger partial charge on any atom is -0.352 e. The van der Waals surface area contributed by atoms with Gasteiger partial charge in [0.1, 0.15) is 5.82 Å². The van der Waals surface area contributed by atoms with E-state index in [1.807, 2.05) is 0 Å². The predicted octanol–water partition coefficient (Wildman–Crippen LogP) is 4.49. The average Bonchev–Trinajstić information content (AvgIpc) is 3.65. The van der Waals surface area contributed by atoms with Crippen LogP contribution in [-0.4, -0.2) is 47.4 Å². The van der Waals surface area contributed by atoms with Crippen LogP contribution in [0.25, 0.3) is 0 Å². The Kier molecular flexibility index (Phi) is 6.85. The normalized spacial score (nSPS) is 16.5. The molecule has 2 aliphatic rings. The van der Waals surface area contributed by atoms with Gasteiger partial charge < -0.3 is 5.32 Å². The van der Waals surface area contributed by atoms with E-state index in [1.54, 1.807) is 0 Å². The standard InChI is InChI=1S/C24H25F3N4O3/c25-24(26,27)19-7-2-1-6-18(19)22(33)31-14-4-13-30(23(31)34)20-11-10-17(15-29-20)21(32)28-12-3-5-16-8-9-16/h1-2,6-7,10-11,15-16H,3-5,8-9,12-14H2,(H,28,32). The molecule has 2 heterocycles. The Morgan fingerprint density at radius 1 is 1.09 bits per heavy atom. The van der Waals surface area contributed by atoms with Gasteiger partial charge in [0.25, 0.3) is 11.8 Å². The van der Waals surface area contributed by atoms with Crippen molar-refractivity contribution in [2.75, 3.05) is 24.5 Å². The largest absolute Gasteiger partial charge is 0.417 e. The van der Waals surface area contributed by atoms with E-state index in [1.165, 1.54) is 48.2 Å². The zero-order valence-corrected chi connectivity index (χ0v) is 18.5. The number of alkyl halides is 3. The Labute approximate surface area is 194 Å². The monoisotopic (exact) mass is 474 g/mol. The number of pyridine rings is 1. The Balaban J connectivity index is 1.43. The quantitative estimate of drug-likeness (QED) is 0.600. The average molecular weight is 474 g/mol. The first-order valence-electron chi connectivity index (χ1n) is 11.3. The smallest absolute Gasteiger partial charge is 0.352 e. The van der Waals surface area contributed by atoms with Crippen LogP contribution < -0.4 is 10.2 Å². The summed E-state index contributed by atoms with van der Waals surface area (Å²) in [5.41, 5.74) is -1.32. The fourth-order valence-corrected chi connectivity index (χ4v) is 3.97. The number of benzene rings is 1. The predicted molar refractivity (Wildman–Crippen MR) is 118 cm³/mol. The van der Waals surface area contributed by atoms with Crippen LogP contribution in [0.5, 0.6) is 0 Å². The summed E-state index contributed by atoms with van der Waals surface area (Å²) in [6.45, 7) is 0.836. The van der Waals surface area contributed by atoms with E-state index in [4.69, 9.17) is 0 Å². The van der Waals surface area contributed by atoms with Gasteiger partial charge >= 0.3 is 12.2 Å². The summed E-state index contributed by atoms with van der Waals surface area (Å²) in [6, 6.07) is 6.67. The van der Waals surface area contributed by atoms with Crippen LogP contribution in [0, 0.1) is 5.92 Å². The van der Waals surface area contributed by atoms with E-state index >= 15 is 0 Å². The number of carbonyl (C=O) groups excluding carboxylic acids is 3. The molecule has 1 aliphatic heterocycles. The molecule has 1 aromatic heterocycles. The zero-order chi connectivity index (χ0) is 24.3. The van der Waals surface area contributed by atoms with Crippen LogP contribution in [0.2, 0.25) is 0 Å². The lowest BCUT2D eigenvalue weighted by atomic mass is 10.1. The van der Waals surface area contributed by atoms with Gasteiger partial charge in [0, 0.05) is 25.8 Å². The van der Waals surface area contributed by atoms with Gasteiger partial charge in [-0.15, -0.1) is 0 Å². The molecular weight excluding hydrogens is 449 g/mol. The Morgan fingerprint density at radius 3 is 2.53 bits per heavy atom. The minimum atomic E-state index is -4.72. The highest BCUT2D eigenvalue weighted by molar-refractivity contribution is 6.09. The van der Waals surface area contributed by atoms with Crippen molar-refractivity contribution in [1.82, 2.24) is 15.2 Å². The SMILES string of the molecule is O=C(NCCCC1CC1)c1ccc(N2CCCN(C(=O)c3ccccc3C(F)(F)F)C2=O)nc1. The molecule has 1 saturated carbocycles. The fourth-order valence-electron chi connectivity index (χ4n) is 3.97. The second-order valence-corrected chi connectivity index (χ2v) is 8.53. The molecular formula is C24H25F3N4O3. The molecule has 0 bridgehead atoms. The highest BCUT2D eigenvalue weighted by Gasteiger charge is 2.39. The van der Waals surface area contributed by atoms with Crippen molar-refractivity contribution in [2.24, 2.45) is 5.92 Å². The molecule has 4 amide bonds. The number of anilines is 1. The molecule has 4 rings (SSSR count). The molecule has 0 unspecified atom stereocenters. The number of halogens is 3. The van der Waals surface area contributed by atoms with E-state index in [0.29, 0.717) is 18.5 Å². The Morgan fingerprint density at radius 2 is 1.85 bits per heavy atom. The summed E-state index contributed by atoms with van der Waals surface area (Å²) in [6.07, 6.45) is 1.57. The van der Waals surface area contributed by atoms with Gasteiger partial charge in [-0.1, -0.05) is 25.0 Å². The number of urea groups is 1. The van der Waals surface area contributed by atoms with Gasteiger partial charge in [-0.3, -0.25) is 19.4 Å². The molecule has 34 heavy (non-hydrogen) atoms. The lowest BCUT2D eigenvalue weighted by Crippen LogP contribution is -2.52. The lowest BCUT2D eigenvalue weighted by molar-refractivity contribution is -0.138. The highest BCUT2D eigenvalue weighted by Crippen LogP contribution is 2.34. The summed E-state index contributed by atoms with van der Waals surface area (Å²) in [5, 5.41) is 2.84. The van der Waals surface area contributed by atoms with E-state index in [-0.39, 0.29) is 24.8 Å². The second-order valence-electron chi connectivity index (χ2n) is 8.53. The molecule has 0 radical (unpaired) electrons. The molecule has 0 spiro atoms. The Hall–Kier alpha value is -3.43. The van der Waals surface area contributed by atoms with Crippen molar-refractivity contribution in [3.05, 3.63) is 59.3 Å². The van der Waals surface area contributed by atoms with Crippen LogP contribution in [0.3, 0.4) is 0 Å². The second kappa shape index (κ2) is 9.82. The number of aromatic nitrogens is 1. The van der Waals surface area contributed by atoms with E-state index in [2.05, 4.69) is 10.3 Å². The van der Waals surface area contributed by atoms with Gasteiger partial charge in [-0.2, -0.15) is 13.2 Å². The third-order valence-electron chi connectivity index (χ3n) is 5.99. The van der Waals surface area contributed by atoms with E-state index < -0.39 is 29.2 Å². The first-order chi connectivity index (χ1) is 16.3. The van der Waals surface area contributed by atoms with E-state index in [0.717, 1.165) is 35.8 Å². The number of rotatable bonds is 7. The van der Waals surface area contributed by atoms with Gasteiger partial charge in [0.05, 0.1) is 16.7 Å². The number of nitrogens with one attached hydrogen (secondary N) is 1. The summed E-state index contributed by atoms with van der Waals surface area (Å²) < 4.78 is 40.0. The summed E-state index contributed by atoms with van der Waals surface area (Å²) in [4.78, 5) is 44.4. The van der Waals surface area contributed by atoms with Crippen molar-refractivity contribution in [3.63, 3.8) is 0 Å². The molecule has 10 heteroatoms. The highest BCUT2D eigenvalue weighted by atomic mass is 19.4. The van der Waals surface area contributed by atoms with Crippen molar-refractivity contribution in [3.8, 4) is 0 Å². The number of imide groups is 1. The maximum absolute atomic E-state index is 13.3. The third kappa shape index (κ3) is 5.37. The minimum absolute atomic E-state index is 0.00169. The number of carbonyl (C=O) groups is 3. The maximum Gasteiger partial charge on any atom is 0.417 e. The van der Waals surface area contributed by atoms with Crippen molar-refractivity contribution >= 4 is 23.7 Å². The van der Waals surface area contributed by atoms with Crippen LogP contribution in [-0.2, 0) is 6.18 Å². The zero-order valence-electron chi connectivity index (χ0n) is 18.5. The third-order valence-corrected chi connectivity index (χ3v) is 5.99. The molecule has 2 fully saturated rings. The van der Waals surface area contributed by atoms with Crippen molar-refractivity contribution in [2.45, 2.75) is 38.3 Å². The summed E-state index contributed by atoms with van der Waals surface area (Å²) in [5.74, 6) is -0.254. The number of hydrogen-bond donors (Lipinski definition) is 1. The van der Waals surface area contributed by atoms with Gasteiger partial charge in [-0.25, -0.2) is 9.78 Å². The van der Waals surface area contributed by atoms with Crippen LogP contribution >= 0.6 is 0 Å². The van der Waals surface area contributed by atoms with Crippen molar-refractivity contribution < 1.29 is 27.6 Å². The fraction of sp³-hybridized carbons (Fsp3) is 0.417. The summed E-state index contributed by atoms with van der Waals surface area (Å²) in [7, 11) is 0. The molecule has 1 saturated heterocycles. The number of amides is 4. The molecule has 1 aliphatic carbocycles. The van der Waals surface area contributed by atoms with Gasteiger partial charge in [0.15, 0.2) is 0 Å². The topological polar surface area (TPSA) is 82.6 Å². The first-order valence-corrected chi connectivity index (χ1v) is 11.3. The van der Waals surface area contributed by atoms with Gasteiger partial charge in [-0.05, 0) is 49.4 Å². The van der Waals surface area contributed by atoms with Crippen molar-refractivity contribution in [1.29, 1.82) is 0 Å². The van der Waals surface area contributed by atoms with Crippen LogP contribution in [0.1, 0.15) is 58.4 Å². The first kappa shape index (κ1) is 23.7. The molecule has 180 valence electrons. The van der Waals surface area contributed by atoms with Crippen LogP contribution in [0.4, 0.5) is 23.8 Å². The number of nitrogens with zero attached hydrogens (tertiary/aromatic N) is 3. The molecule has 0 atom stereocenters. The molecule has 1 aromatic carbocycles. The summed E-state index contributed by atoms with van der Waals surface area (Å²) >= 11 is 0. The van der Waals surface area contributed by atoms with E-state index in [9.17, 15) is 27.6 Å². The lowest BCUT2D eigenvalue weighted by Gasteiger charge is -2.34. The molecule has 7 nitrogen and oxygen atoms in total. The Bertz CT molecular complexity index is 1070. The molecule has 2 aromatic rings.